The number of aryl methyl sites for hydroxylation is 1. The average Bonchev–Trinajstić information content (AvgIpc) is 3.33. The number of rotatable bonds is 6. The highest BCUT2D eigenvalue weighted by Gasteiger charge is 2.62. The molecule has 0 amide bonds. The van der Waals surface area contributed by atoms with Crippen molar-refractivity contribution >= 4 is 11.5 Å². The van der Waals surface area contributed by atoms with Gasteiger partial charge in [0.1, 0.15) is 6.10 Å². The van der Waals surface area contributed by atoms with Crippen LogP contribution in [0.15, 0.2) is 24.4 Å². The molecule has 1 unspecified atom stereocenters. The molecule has 1 atom stereocenters. The lowest BCUT2D eigenvalue weighted by Crippen LogP contribution is -2.35. The molecule has 3 rings (SSSR count). The Balaban J connectivity index is 1.99. The van der Waals surface area contributed by atoms with Crippen LogP contribution in [-0.4, -0.2) is 39.4 Å². The molecule has 1 aliphatic rings. The van der Waals surface area contributed by atoms with E-state index in [1.165, 1.54) is 25.1 Å². The van der Waals surface area contributed by atoms with Gasteiger partial charge in [-0.3, -0.25) is 19.6 Å². The molecule has 12 heteroatoms. The number of ether oxygens (including phenoxy) is 1. The summed E-state index contributed by atoms with van der Waals surface area (Å²) < 4.78 is 71.5. The molecule has 0 spiro atoms. The van der Waals surface area contributed by atoms with Gasteiger partial charge in [-0.1, -0.05) is 6.07 Å². The summed E-state index contributed by atoms with van der Waals surface area (Å²) >= 11 is 0. The van der Waals surface area contributed by atoms with Gasteiger partial charge in [0, 0.05) is 17.8 Å². The molecular formula is C16H12F5N3O4. The Kier molecular flexibility index (Phi) is 4.69. The van der Waals surface area contributed by atoms with Gasteiger partial charge in [0.15, 0.2) is 11.5 Å². The molecule has 0 bridgehead atoms. The van der Waals surface area contributed by atoms with Gasteiger partial charge in [0.05, 0.1) is 23.6 Å². The molecule has 7 nitrogen and oxygen atoms in total. The molecule has 150 valence electrons. The summed E-state index contributed by atoms with van der Waals surface area (Å²) in [7, 11) is 0. The number of epoxide rings is 1. The molecule has 1 fully saturated rings. The van der Waals surface area contributed by atoms with E-state index in [2.05, 4.69) is 9.84 Å². The molecule has 0 aliphatic carbocycles. The van der Waals surface area contributed by atoms with Crippen molar-refractivity contribution in [1.82, 2.24) is 9.78 Å². The number of nitrogens with zero attached hydrogens (tertiary/aromatic N) is 3. The zero-order chi connectivity index (χ0) is 20.9. The van der Waals surface area contributed by atoms with Crippen LogP contribution in [0.1, 0.15) is 27.2 Å². The Hall–Kier alpha value is -2.89. The van der Waals surface area contributed by atoms with Gasteiger partial charge in [-0.15, -0.1) is 0 Å². The van der Waals surface area contributed by atoms with Crippen molar-refractivity contribution in [2.45, 2.75) is 31.7 Å². The van der Waals surface area contributed by atoms with Crippen LogP contribution in [0.3, 0.4) is 0 Å². The lowest BCUT2D eigenvalue weighted by molar-refractivity contribution is -0.385. The first-order valence-electron chi connectivity index (χ1n) is 7.84. The summed E-state index contributed by atoms with van der Waals surface area (Å²) in [5.41, 5.74) is -2.09. The number of halogens is 5. The zero-order valence-corrected chi connectivity index (χ0v) is 14.2. The maximum atomic E-state index is 13.9. The average molecular weight is 405 g/mol. The minimum Gasteiger partial charge on any atom is -0.364 e. The van der Waals surface area contributed by atoms with E-state index in [0.717, 1.165) is 10.9 Å². The van der Waals surface area contributed by atoms with Crippen LogP contribution in [0, 0.1) is 17.0 Å². The number of benzene rings is 1. The van der Waals surface area contributed by atoms with Crippen LogP contribution in [0.4, 0.5) is 27.6 Å². The van der Waals surface area contributed by atoms with Gasteiger partial charge < -0.3 is 4.74 Å². The number of nitro benzene ring substituents is 1. The number of aromatic nitrogens is 2. The van der Waals surface area contributed by atoms with Gasteiger partial charge in [-0.05, 0) is 18.6 Å². The van der Waals surface area contributed by atoms with Gasteiger partial charge in [-0.2, -0.15) is 27.1 Å². The van der Waals surface area contributed by atoms with E-state index in [1.54, 1.807) is 0 Å². The predicted molar refractivity (Wildman–Crippen MR) is 83.2 cm³/mol. The van der Waals surface area contributed by atoms with Gasteiger partial charge in [0.2, 0.25) is 0 Å². The molecule has 1 aromatic heterocycles. The third-order valence-corrected chi connectivity index (χ3v) is 4.11. The minimum atomic E-state index is -5.93. The van der Waals surface area contributed by atoms with Crippen molar-refractivity contribution in [3.8, 4) is 0 Å². The number of alkyl halides is 5. The Bertz CT molecular complexity index is 950. The van der Waals surface area contributed by atoms with Crippen molar-refractivity contribution in [3.63, 3.8) is 0 Å². The molecule has 2 heterocycles. The fraction of sp³-hybridized carbons (Fsp3) is 0.375. The third-order valence-electron chi connectivity index (χ3n) is 4.11. The maximum absolute atomic E-state index is 13.9. The van der Waals surface area contributed by atoms with Gasteiger partial charge in [-0.25, -0.2) is 0 Å². The summed E-state index contributed by atoms with van der Waals surface area (Å²) in [6.07, 6.45) is -6.20. The first-order chi connectivity index (χ1) is 12.9. The van der Waals surface area contributed by atoms with Crippen molar-refractivity contribution < 1.29 is 36.4 Å². The molecule has 2 aromatic rings. The van der Waals surface area contributed by atoms with E-state index < -0.39 is 40.2 Å². The van der Waals surface area contributed by atoms with Gasteiger partial charge >= 0.3 is 12.1 Å². The van der Waals surface area contributed by atoms with Crippen molar-refractivity contribution in [1.29, 1.82) is 0 Å². The molecule has 0 N–H and O–H groups in total. The van der Waals surface area contributed by atoms with Crippen LogP contribution in [-0.2, 0) is 17.2 Å². The summed E-state index contributed by atoms with van der Waals surface area (Å²) in [6, 6.07) is 3.89. The highest BCUT2D eigenvalue weighted by atomic mass is 19.4. The van der Waals surface area contributed by atoms with Crippen molar-refractivity contribution in [3.05, 3.63) is 56.9 Å². The molecular weight excluding hydrogens is 393 g/mol. The third kappa shape index (κ3) is 3.59. The van der Waals surface area contributed by atoms with Crippen LogP contribution >= 0.6 is 0 Å². The first kappa shape index (κ1) is 19.9. The Labute approximate surface area is 153 Å². The Morgan fingerprint density at radius 3 is 2.50 bits per heavy atom. The topological polar surface area (TPSA) is 90.6 Å². The Morgan fingerprint density at radius 2 is 2.00 bits per heavy atom. The summed E-state index contributed by atoms with van der Waals surface area (Å²) in [5, 5.41) is 14.1. The highest BCUT2D eigenvalue weighted by Crippen LogP contribution is 2.44. The lowest BCUT2D eigenvalue weighted by atomic mass is 10.1. The largest absolute Gasteiger partial charge is 0.459 e. The predicted octanol–water partition coefficient (Wildman–Crippen LogP) is 3.38. The second kappa shape index (κ2) is 6.62. The van der Waals surface area contributed by atoms with E-state index >= 15 is 0 Å². The first-order valence-corrected chi connectivity index (χ1v) is 7.84. The number of nitro groups is 1. The summed E-state index contributed by atoms with van der Waals surface area (Å²) in [5.74, 6) is -6.34. The molecule has 28 heavy (non-hydrogen) atoms. The SMILES string of the molecule is Cc1cc(Cn2cc(C(=O)C3CO3)c(C(F)(F)C(F)(F)F)n2)ccc1[N+](=O)[O-]. The Morgan fingerprint density at radius 1 is 1.36 bits per heavy atom. The van der Waals surface area contributed by atoms with Crippen molar-refractivity contribution in [2.24, 2.45) is 0 Å². The number of carbonyl (C=O) groups excluding carboxylic acids is 1. The van der Waals surface area contributed by atoms with Crippen LogP contribution in [0.5, 0.6) is 0 Å². The summed E-state index contributed by atoms with van der Waals surface area (Å²) in [4.78, 5) is 22.3. The molecule has 0 radical (unpaired) electrons. The summed E-state index contributed by atoms with van der Waals surface area (Å²) in [6.45, 7) is 1.12. The highest BCUT2D eigenvalue weighted by molar-refractivity contribution is 6.01. The lowest BCUT2D eigenvalue weighted by Gasteiger charge is -2.18. The van der Waals surface area contributed by atoms with Crippen LogP contribution < -0.4 is 0 Å². The molecule has 0 saturated carbocycles. The quantitative estimate of drug-likeness (QED) is 0.242. The molecule has 1 aliphatic heterocycles. The fourth-order valence-electron chi connectivity index (χ4n) is 2.63. The van der Waals surface area contributed by atoms with Crippen LogP contribution in [0.2, 0.25) is 0 Å². The second-order valence-corrected chi connectivity index (χ2v) is 6.23. The number of hydrogen-bond acceptors (Lipinski definition) is 5. The molecule has 1 saturated heterocycles. The molecule has 1 aromatic carbocycles. The van der Waals surface area contributed by atoms with E-state index in [9.17, 15) is 36.9 Å². The van der Waals surface area contributed by atoms with E-state index in [0.29, 0.717) is 5.56 Å². The number of ketones is 1. The smallest absolute Gasteiger partial charge is 0.364 e. The number of hydrogen-bond donors (Lipinski definition) is 0. The zero-order valence-electron chi connectivity index (χ0n) is 14.2. The monoisotopic (exact) mass is 405 g/mol. The van der Waals surface area contributed by atoms with Crippen LogP contribution in [0.25, 0.3) is 0 Å². The van der Waals surface area contributed by atoms with E-state index in [4.69, 9.17) is 0 Å². The van der Waals surface area contributed by atoms with Crippen molar-refractivity contribution in [2.75, 3.05) is 6.61 Å². The standard InChI is InChI=1S/C16H12F5N3O4/c1-8-4-9(2-3-11(8)24(26)27)5-23-6-10(13(25)12-7-28-12)14(22-23)15(17,18)16(19,20)21/h2-4,6,12H,5,7H2,1H3. The minimum absolute atomic E-state index is 0.0669. The van der Waals surface area contributed by atoms with Gasteiger partial charge in [0.25, 0.3) is 5.69 Å². The fourth-order valence-corrected chi connectivity index (χ4v) is 2.63. The normalized spacial score (nSPS) is 16.9. The van der Waals surface area contributed by atoms with E-state index in [-0.39, 0.29) is 24.4 Å². The van der Waals surface area contributed by atoms with E-state index in [1.807, 2.05) is 0 Å². The number of Topliss-reactive ketones (excluding diaryl/α,β-unsaturated/α-hetero) is 1. The second-order valence-electron chi connectivity index (χ2n) is 6.23. The number of carbonyl (C=O) groups is 1. The maximum Gasteiger partial charge on any atom is 0.459 e.